The van der Waals surface area contributed by atoms with Crippen LogP contribution < -0.4 is 0 Å². The van der Waals surface area contributed by atoms with Crippen molar-refractivity contribution in [2.24, 2.45) is 5.92 Å². The molecule has 0 aromatic heterocycles. The lowest BCUT2D eigenvalue weighted by atomic mass is 9.98. The molecule has 2 rings (SSSR count). The van der Waals surface area contributed by atoms with Gasteiger partial charge in [0.1, 0.15) is 0 Å². The second-order valence-corrected chi connectivity index (χ2v) is 5.84. The largest absolute Gasteiger partial charge is 0.388 e. The highest BCUT2D eigenvalue weighted by Gasteiger charge is 2.29. The van der Waals surface area contributed by atoms with Gasteiger partial charge in [0.25, 0.3) is 0 Å². The van der Waals surface area contributed by atoms with Crippen LogP contribution in [-0.2, 0) is 6.42 Å². The summed E-state index contributed by atoms with van der Waals surface area (Å²) in [5, 5.41) is 10.2. The molecule has 16 heavy (non-hydrogen) atoms. The van der Waals surface area contributed by atoms with Crippen molar-refractivity contribution in [2.45, 2.75) is 32.3 Å². The molecule has 0 radical (unpaired) electrons. The Labute approximate surface area is 102 Å². The van der Waals surface area contributed by atoms with E-state index in [0.29, 0.717) is 5.92 Å². The molecule has 0 heterocycles. The number of rotatable bonds is 5. The van der Waals surface area contributed by atoms with Crippen molar-refractivity contribution in [3.63, 3.8) is 0 Å². The van der Waals surface area contributed by atoms with Crippen molar-refractivity contribution in [2.75, 3.05) is 11.5 Å². The number of fused-ring (bicyclic) bond motifs is 1. The first-order chi connectivity index (χ1) is 7.83. The Kier molecular flexibility index (Phi) is 4.30. The predicted octanol–water partition coefficient (Wildman–Crippen LogP) is 3.43. The minimum Gasteiger partial charge on any atom is -0.388 e. The lowest BCUT2D eigenvalue weighted by Crippen LogP contribution is -2.07. The van der Waals surface area contributed by atoms with Crippen LogP contribution in [0.2, 0.25) is 0 Å². The average Bonchev–Trinajstić information content (AvgIpc) is 2.63. The van der Waals surface area contributed by atoms with E-state index in [0.717, 1.165) is 18.4 Å². The fourth-order valence-corrected chi connectivity index (χ4v) is 3.17. The maximum atomic E-state index is 10.2. The lowest BCUT2D eigenvalue weighted by molar-refractivity contribution is 0.118. The number of hydrogen-bond donors (Lipinski definition) is 1. The SMILES string of the molecule is CCSCCCC1Cc2ccccc2C1O. The van der Waals surface area contributed by atoms with Gasteiger partial charge in [0.15, 0.2) is 0 Å². The van der Waals surface area contributed by atoms with E-state index in [1.807, 2.05) is 17.8 Å². The van der Waals surface area contributed by atoms with Crippen LogP contribution >= 0.6 is 11.8 Å². The van der Waals surface area contributed by atoms with Gasteiger partial charge in [0.2, 0.25) is 0 Å². The zero-order valence-corrected chi connectivity index (χ0v) is 10.7. The minimum absolute atomic E-state index is 0.220. The molecule has 0 spiro atoms. The fourth-order valence-electron chi connectivity index (χ4n) is 2.51. The first-order valence-electron chi connectivity index (χ1n) is 6.16. The van der Waals surface area contributed by atoms with Crippen molar-refractivity contribution < 1.29 is 5.11 Å². The first kappa shape index (κ1) is 12.0. The van der Waals surface area contributed by atoms with E-state index in [2.05, 4.69) is 25.1 Å². The topological polar surface area (TPSA) is 20.2 Å². The van der Waals surface area contributed by atoms with Crippen molar-refractivity contribution in [3.8, 4) is 0 Å². The van der Waals surface area contributed by atoms with Crippen molar-refractivity contribution >= 4 is 11.8 Å². The molecule has 2 unspecified atom stereocenters. The highest BCUT2D eigenvalue weighted by Crippen LogP contribution is 2.38. The third-order valence-corrected chi connectivity index (χ3v) is 4.36. The van der Waals surface area contributed by atoms with Crippen LogP contribution in [0.25, 0.3) is 0 Å². The second-order valence-electron chi connectivity index (χ2n) is 4.45. The van der Waals surface area contributed by atoms with E-state index >= 15 is 0 Å². The molecule has 1 aliphatic rings. The Hall–Kier alpha value is -0.470. The highest BCUT2D eigenvalue weighted by molar-refractivity contribution is 7.99. The van der Waals surface area contributed by atoms with Gasteiger partial charge in [-0.25, -0.2) is 0 Å². The molecule has 1 nitrogen and oxygen atoms in total. The molecule has 0 saturated heterocycles. The van der Waals surface area contributed by atoms with Crippen LogP contribution in [0, 0.1) is 5.92 Å². The summed E-state index contributed by atoms with van der Waals surface area (Å²) in [6.45, 7) is 2.20. The lowest BCUT2D eigenvalue weighted by Gasteiger charge is -2.14. The van der Waals surface area contributed by atoms with E-state index < -0.39 is 0 Å². The maximum absolute atomic E-state index is 10.2. The number of hydrogen-bond acceptors (Lipinski definition) is 2. The van der Waals surface area contributed by atoms with Gasteiger partial charge in [0.05, 0.1) is 6.10 Å². The molecule has 1 aromatic rings. The molecule has 1 N–H and O–H groups in total. The van der Waals surface area contributed by atoms with Crippen LogP contribution in [0.4, 0.5) is 0 Å². The molecule has 1 aliphatic carbocycles. The Balaban J connectivity index is 1.87. The smallest absolute Gasteiger partial charge is 0.0824 e. The Morgan fingerprint density at radius 3 is 2.94 bits per heavy atom. The first-order valence-corrected chi connectivity index (χ1v) is 7.32. The Morgan fingerprint density at radius 1 is 1.38 bits per heavy atom. The normalized spacial score (nSPS) is 23.4. The van der Waals surface area contributed by atoms with E-state index in [1.54, 1.807) is 0 Å². The van der Waals surface area contributed by atoms with Crippen molar-refractivity contribution in [1.82, 2.24) is 0 Å². The van der Waals surface area contributed by atoms with E-state index in [-0.39, 0.29) is 6.10 Å². The summed E-state index contributed by atoms with van der Waals surface area (Å²) in [5.74, 6) is 2.89. The van der Waals surface area contributed by atoms with Crippen LogP contribution in [0.1, 0.15) is 37.0 Å². The Morgan fingerprint density at radius 2 is 2.19 bits per heavy atom. The summed E-state index contributed by atoms with van der Waals surface area (Å²) in [6.07, 6.45) is 3.23. The van der Waals surface area contributed by atoms with Crippen LogP contribution in [0.3, 0.4) is 0 Å². The summed E-state index contributed by atoms with van der Waals surface area (Å²) < 4.78 is 0. The quantitative estimate of drug-likeness (QED) is 0.790. The molecule has 0 bridgehead atoms. The summed E-state index contributed by atoms with van der Waals surface area (Å²) >= 11 is 1.99. The number of aliphatic hydroxyl groups excluding tert-OH is 1. The van der Waals surface area contributed by atoms with Gasteiger partial charge >= 0.3 is 0 Å². The van der Waals surface area contributed by atoms with Gasteiger partial charge in [-0.2, -0.15) is 11.8 Å². The van der Waals surface area contributed by atoms with E-state index in [1.165, 1.54) is 23.5 Å². The zero-order chi connectivity index (χ0) is 11.4. The summed E-state index contributed by atoms with van der Waals surface area (Å²) in [5.41, 5.74) is 2.51. The number of benzene rings is 1. The molecule has 0 amide bonds. The van der Waals surface area contributed by atoms with Crippen LogP contribution in [-0.4, -0.2) is 16.6 Å². The number of thioether (sulfide) groups is 1. The van der Waals surface area contributed by atoms with Gasteiger partial charge in [-0.1, -0.05) is 31.2 Å². The van der Waals surface area contributed by atoms with Gasteiger partial charge < -0.3 is 5.11 Å². The highest BCUT2D eigenvalue weighted by atomic mass is 32.2. The van der Waals surface area contributed by atoms with Crippen molar-refractivity contribution in [3.05, 3.63) is 35.4 Å². The van der Waals surface area contributed by atoms with Crippen molar-refractivity contribution in [1.29, 1.82) is 0 Å². The second kappa shape index (κ2) is 5.74. The standard InChI is InChI=1S/C14H20OS/c1-2-16-9-5-7-12-10-11-6-3-4-8-13(11)14(12)15/h3-4,6,8,12,14-15H,2,5,7,9-10H2,1H3. The Bertz CT molecular complexity index is 337. The summed E-state index contributed by atoms with van der Waals surface area (Å²) in [4.78, 5) is 0. The van der Waals surface area contributed by atoms with Crippen LogP contribution in [0.5, 0.6) is 0 Å². The molecule has 2 atom stereocenters. The van der Waals surface area contributed by atoms with Gasteiger partial charge in [-0.05, 0) is 47.8 Å². The summed E-state index contributed by atoms with van der Waals surface area (Å²) in [6, 6.07) is 8.32. The van der Waals surface area contributed by atoms with Gasteiger partial charge in [0, 0.05) is 0 Å². The molecule has 1 aromatic carbocycles. The molecular weight excluding hydrogens is 216 g/mol. The zero-order valence-electron chi connectivity index (χ0n) is 9.86. The molecule has 0 saturated carbocycles. The fraction of sp³-hybridized carbons (Fsp3) is 0.571. The van der Waals surface area contributed by atoms with E-state index in [9.17, 15) is 5.11 Å². The molecule has 2 heteroatoms. The van der Waals surface area contributed by atoms with E-state index in [4.69, 9.17) is 0 Å². The van der Waals surface area contributed by atoms with Crippen LogP contribution in [0.15, 0.2) is 24.3 Å². The molecule has 0 aliphatic heterocycles. The molecule has 88 valence electrons. The minimum atomic E-state index is -0.220. The predicted molar refractivity (Wildman–Crippen MR) is 70.8 cm³/mol. The third-order valence-electron chi connectivity index (χ3n) is 3.37. The third kappa shape index (κ3) is 2.61. The number of aliphatic hydroxyl groups is 1. The summed E-state index contributed by atoms with van der Waals surface area (Å²) in [7, 11) is 0. The molecular formula is C14H20OS. The van der Waals surface area contributed by atoms with Gasteiger partial charge in [-0.15, -0.1) is 0 Å². The molecule has 0 fully saturated rings. The maximum Gasteiger partial charge on any atom is 0.0824 e. The average molecular weight is 236 g/mol. The monoisotopic (exact) mass is 236 g/mol. The van der Waals surface area contributed by atoms with Gasteiger partial charge in [-0.3, -0.25) is 0 Å².